The zero-order valence-corrected chi connectivity index (χ0v) is 59.3. The number of hydrogen-bond donors (Lipinski definition) is 3. The van der Waals surface area contributed by atoms with Crippen LogP contribution in [-0.4, -0.2) is 73.4 Å². The molecule has 0 saturated heterocycles. The van der Waals surface area contributed by atoms with E-state index in [0.29, 0.717) is 17.4 Å². The normalized spacial score (nSPS) is 13.5. The molecular weight excluding hydrogens is 1070 g/mol. The number of nitrogens with one attached hydrogen (secondary N) is 1. The maximum Gasteiger partial charge on any atom is 0.472 e. The Balaban J connectivity index is 3.95. The molecule has 3 N–H and O–H groups in total. The Bertz CT molecular complexity index is 1390. The van der Waals surface area contributed by atoms with Crippen molar-refractivity contribution in [1.29, 1.82) is 0 Å². The highest BCUT2D eigenvalue weighted by Crippen LogP contribution is 2.43. The number of nitrogens with zero attached hydrogens (tertiary/aromatic N) is 1. The van der Waals surface area contributed by atoms with E-state index in [1.807, 2.05) is 27.2 Å². The zero-order chi connectivity index (χ0) is 61.9. The SMILES string of the molecule is CCCCCCCCCCCCCCCCCCCCCCCCCCCC/C=C/C(O)C(COP(=O)(O)OCC[N+](C)(C)C)NC(=O)CCCCCCCCCCCCCCCCCCCCCCCCCCCCCCCCCCCCC. The lowest BCUT2D eigenvalue weighted by atomic mass is 10.0. The van der Waals surface area contributed by atoms with Crippen LogP contribution in [0.3, 0.4) is 0 Å². The van der Waals surface area contributed by atoms with Gasteiger partial charge in [-0.25, -0.2) is 4.57 Å². The van der Waals surface area contributed by atoms with E-state index in [4.69, 9.17) is 9.05 Å². The molecule has 0 aromatic rings. The Morgan fingerprint density at radius 2 is 0.624 bits per heavy atom. The number of phosphoric ester groups is 1. The van der Waals surface area contributed by atoms with E-state index in [0.717, 1.165) is 32.1 Å². The van der Waals surface area contributed by atoms with Gasteiger partial charge in [-0.05, 0) is 19.3 Å². The number of aliphatic hydroxyl groups excluding tert-OH is 1. The second-order valence-corrected chi connectivity index (χ2v) is 29.6. The smallest absolute Gasteiger partial charge is 0.387 e. The van der Waals surface area contributed by atoms with Crippen molar-refractivity contribution in [3.63, 3.8) is 0 Å². The topological polar surface area (TPSA) is 105 Å². The first-order valence-corrected chi connectivity index (χ1v) is 40.1. The maximum atomic E-state index is 13.1. The minimum atomic E-state index is -4.35. The fourth-order valence-electron chi connectivity index (χ4n) is 12.3. The Morgan fingerprint density at radius 1 is 0.388 bits per heavy atom. The molecule has 0 fully saturated rings. The van der Waals surface area contributed by atoms with Crippen LogP contribution < -0.4 is 5.32 Å². The molecule has 3 atom stereocenters. The van der Waals surface area contributed by atoms with Gasteiger partial charge in [-0.3, -0.25) is 13.8 Å². The third-order valence-corrected chi connectivity index (χ3v) is 19.2. The van der Waals surface area contributed by atoms with Crippen molar-refractivity contribution in [3.8, 4) is 0 Å². The highest BCUT2D eigenvalue weighted by molar-refractivity contribution is 7.47. The van der Waals surface area contributed by atoms with Crippen LogP contribution in [0.5, 0.6) is 0 Å². The lowest BCUT2D eigenvalue weighted by molar-refractivity contribution is -0.870. The molecule has 0 aromatic heterocycles. The minimum absolute atomic E-state index is 0.0656. The maximum absolute atomic E-state index is 13.1. The summed E-state index contributed by atoms with van der Waals surface area (Å²) in [6, 6.07) is -0.844. The predicted octanol–water partition coefficient (Wildman–Crippen LogP) is 24.8. The number of rotatable bonds is 73. The van der Waals surface area contributed by atoms with Crippen LogP contribution in [0.25, 0.3) is 0 Å². The summed E-state index contributed by atoms with van der Waals surface area (Å²) in [4.78, 5) is 23.5. The van der Waals surface area contributed by atoms with Crippen LogP contribution in [0, 0.1) is 0 Å². The number of hydrogen-bond acceptors (Lipinski definition) is 5. The number of unbranched alkanes of at least 4 members (excludes halogenated alkanes) is 60. The number of quaternary nitrogens is 1. The van der Waals surface area contributed by atoms with Crippen molar-refractivity contribution in [2.24, 2.45) is 0 Å². The summed E-state index contributed by atoms with van der Waals surface area (Å²) >= 11 is 0. The highest BCUT2D eigenvalue weighted by Gasteiger charge is 2.28. The number of phosphoric acid groups is 1. The fourth-order valence-corrected chi connectivity index (χ4v) is 13.0. The van der Waals surface area contributed by atoms with Gasteiger partial charge in [-0.2, -0.15) is 0 Å². The molecule has 0 rings (SSSR count). The summed E-state index contributed by atoms with van der Waals surface area (Å²) in [7, 11) is 1.60. The number of aliphatic hydroxyl groups is 1. The monoisotopic (exact) mass is 1220 g/mol. The van der Waals surface area contributed by atoms with Crippen molar-refractivity contribution in [2.45, 2.75) is 431 Å². The van der Waals surface area contributed by atoms with Gasteiger partial charge in [0.05, 0.1) is 39.9 Å². The fraction of sp³-hybridized carbons (Fsp3) is 0.961. The average molecular weight is 1220 g/mol. The van der Waals surface area contributed by atoms with Crippen LogP contribution in [0.1, 0.15) is 418 Å². The molecule has 1 amide bonds. The van der Waals surface area contributed by atoms with Gasteiger partial charge in [0, 0.05) is 6.42 Å². The van der Waals surface area contributed by atoms with E-state index < -0.39 is 20.0 Å². The standard InChI is InChI=1S/C76H153N2O6P/c1-6-8-10-12-14-16-18-20-22-24-26-28-30-32-34-36-37-38-39-40-41-42-44-46-48-50-52-54-56-58-60-62-64-66-68-70-76(80)77-74(73-84-85(81,82)83-72-71-78(3,4)5)75(79)69-67-65-63-61-59-57-55-53-51-49-47-45-43-35-33-31-29-27-25-23-21-19-17-15-13-11-9-7-2/h67,69,74-75,79H,6-66,68,70-73H2,1-5H3,(H-,77,80,81,82)/p+1/b69-67+. The summed E-state index contributed by atoms with van der Waals surface area (Å²) in [6.45, 7) is 4.90. The molecule has 0 aliphatic heterocycles. The van der Waals surface area contributed by atoms with Crippen molar-refractivity contribution in [1.82, 2.24) is 5.32 Å². The lowest BCUT2D eigenvalue weighted by Gasteiger charge is -2.25. The first-order chi connectivity index (χ1) is 41.5. The van der Waals surface area contributed by atoms with E-state index >= 15 is 0 Å². The largest absolute Gasteiger partial charge is 0.472 e. The molecule has 508 valence electrons. The van der Waals surface area contributed by atoms with Gasteiger partial charge in [-0.1, -0.05) is 405 Å². The molecule has 0 heterocycles. The third kappa shape index (κ3) is 70.6. The lowest BCUT2D eigenvalue weighted by Crippen LogP contribution is -2.45. The summed E-state index contributed by atoms with van der Waals surface area (Å²) in [5.41, 5.74) is 0. The Labute approximate surface area is 532 Å². The van der Waals surface area contributed by atoms with Gasteiger partial charge in [0.25, 0.3) is 0 Å². The molecule has 0 saturated carbocycles. The molecule has 9 heteroatoms. The van der Waals surface area contributed by atoms with Crippen LogP contribution in [-0.2, 0) is 18.4 Å². The number of amides is 1. The Morgan fingerprint density at radius 3 is 0.871 bits per heavy atom. The highest BCUT2D eigenvalue weighted by atomic mass is 31.2. The minimum Gasteiger partial charge on any atom is -0.387 e. The first-order valence-electron chi connectivity index (χ1n) is 38.6. The molecule has 85 heavy (non-hydrogen) atoms. The summed E-state index contributed by atoms with van der Waals surface area (Å²) < 4.78 is 23.9. The van der Waals surface area contributed by atoms with E-state index in [1.54, 1.807) is 6.08 Å². The van der Waals surface area contributed by atoms with Crippen molar-refractivity contribution >= 4 is 13.7 Å². The van der Waals surface area contributed by atoms with Crippen molar-refractivity contribution < 1.29 is 32.9 Å². The van der Waals surface area contributed by atoms with Crippen LogP contribution in [0.4, 0.5) is 0 Å². The van der Waals surface area contributed by atoms with Gasteiger partial charge >= 0.3 is 7.82 Å². The molecule has 0 radical (unpaired) electrons. The first kappa shape index (κ1) is 84.2. The van der Waals surface area contributed by atoms with Crippen LogP contribution in [0.2, 0.25) is 0 Å². The number of likely N-dealkylation sites (N-methyl/N-ethyl adjacent to an activating group) is 1. The van der Waals surface area contributed by atoms with E-state index in [1.165, 1.54) is 366 Å². The molecule has 8 nitrogen and oxygen atoms in total. The molecule has 0 spiro atoms. The summed E-state index contributed by atoms with van der Waals surface area (Å²) in [5.74, 6) is -0.166. The van der Waals surface area contributed by atoms with Gasteiger partial charge in [0.15, 0.2) is 0 Å². The summed E-state index contributed by atoms with van der Waals surface area (Å²) in [5, 5.41) is 14.0. The van der Waals surface area contributed by atoms with Gasteiger partial charge < -0.3 is 19.8 Å². The Hall–Kier alpha value is -0.760. The summed E-state index contributed by atoms with van der Waals surface area (Å²) in [6.07, 6.45) is 88.3. The molecule has 0 bridgehead atoms. The quantitative estimate of drug-likeness (QED) is 0.0243. The second-order valence-electron chi connectivity index (χ2n) is 28.1. The second kappa shape index (κ2) is 67.6. The molecular formula is C76H154N2O6P+. The third-order valence-electron chi connectivity index (χ3n) is 18.3. The zero-order valence-electron chi connectivity index (χ0n) is 58.4. The molecule has 0 aliphatic carbocycles. The van der Waals surface area contributed by atoms with E-state index in [-0.39, 0.29) is 19.1 Å². The van der Waals surface area contributed by atoms with Crippen molar-refractivity contribution in [2.75, 3.05) is 40.9 Å². The van der Waals surface area contributed by atoms with E-state index in [9.17, 15) is 19.4 Å². The predicted molar refractivity (Wildman–Crippen MR) is 374 cm³/mol. The van der Waals surface area contributed by atoms with Gasteiger partial charge in [0.2, 0.25) is 5.91 Å². The molecule has 3 unspecified atom stereocenters. The number of carbonyl (C=O) groups excluding carboxylic acids is 1. The Kier molecular flexibility index (Phi) is 67.0. The number of allylic oxidation sites excluding steroid dienone is 1. The van der Waals surface area contributed by atoms with Gasteiger partial charge in [-0.15, -0.1) is 0 Å². The molecule has 0 aromatic carbocycles. The van der Waals surface area contributed by atoms with E-state index in [2.05, 4.69) is 19.2 Å². The van der Waals surface area contributed by atoms with Crippen molar-refractivity contribution in [3.05, 3.63) is 12.2 Å². The van der Waals surface area contributed by atoms with Gasteiger partial charge in [0.1, 0.15) is 13.2 Å². The van der Waals surface area contributed by atoms with Crippen LogP contribution >= 0.6 is 7.82 Å². The van der Waals surface area contributed by atoms with Crippen LogP contribution in [0.15, 0.2) is 12.2 Å². The molecule has 0 aliphatic rings. The number of carbonyl (C=O) groups is 1. The average Bonchev–Trinajstić information content (AvgIpc) is 3.48.